The van der Waals surface area contributed by atoms with Crippen molar-refractivity contribution in [2.75, 3.05) is 26.2 Å². The summed E-state index contributed by atoms with van der Waals surface area (Å²) in [4.78, 5) is 106. The van der Waals surface area contributed by atoms with E-state index in [1.807, 2.05) is 33.8 Å². The van der Waals surface area contributed by atoms with E-state index < -0.39 is 78.1 Å². The summed E-state index contributed by atoms with van der Waals surface area (Å²) in [7, 11) is 0. The number of aliphatic carboxylic acids is 1. The number of benzene rings is 2. The van der Waals surface area contributed by atoms with Gasteiger partial charge in [0.05, 0.1) is 19.2 Å². The fourth-order valence-corrected chi connectivity index (χ4v) is 6.35. The lowest BCUT2D eigenvalue weighted by molar-refractivity contribution is -0.142. The molecular formula is C41H56N6O10. The van der Waals surface area contributed by atoms with Gasteiger partial charge in [0.25, 0.3) is 11.8 Å². The van der Waals surface area contributed by atoms with Crippen molar-refractivity contribution < 1.29 is 48.2 Å². The Morgan fingerprint density at radius 1 is 0.772 bits per heavy atom. The van der Waals surface area contributed by atoms with Crippen LogP contribution in [0.4, 0.5) is 4.79 Å². The van der Waals surface area contributed by atoms with Crippen molar-refractivity contribution in [1.82, 2.24) is 31.5 Å². The average Bonchev–Trinajstić information content (AvgIpc) is 3.19. The minimum Gasteiger partial charge on any atom is -0.479 e. The first-order valence-electron chi connectivity index (χ1n) is 19.4. The summed E-state index contributed by atoms with van der Waals surface area (Å²) in [6.45, 7) is 9.23. The maximum Gasteiger partial charge on any atom is 0.407 e. The summed E-state index contributed by atoms with van der Waals surface area (Å²) in [5.41, 5.74) is 0.849. The van der Waals surface area contributed by atoms with Crippen LogP contribution < -0.4 is 26.6 Å². The zero-order valence-electron chi connectivity index (χ0n) is 33.2. The third kappa shape index (κ3) is 14.7. The van der Waals surface area contributed by atoms with Gasteiger partial charge in [-0.25, -0.2) is 9.59 Å². The molecular weight excluding hydrogens is 736 g/mol. The van der Waals surface area contributed by atoms with Gasteiger partial charge in [0.15, 0.2) is 6.04 Å². The number of likely N-dealkylation sites (tertiary alicyclic amines) is 1. The Morgan fingerprint density at radius 2 is 1.37 bits per heavy atom. The van der Waals surface area contributed by atoms with Crippen LogP contribution in [0.2, 0.25) is 0 Å². The fraction of sp³-hybridized carbons (Fsp3) is 0.512. The zero-order valence-corrected chi connectivity index (χ0v) is 33.2. The number of carboxylic acids is 1. The average molecular weight is 793 g/mol. The van der Waals surface area contributed by atoms with Crippen LogP contribution >= 0.6 is 0 Å². The quantitative estimate of drug-likeness (QED) is 0.107. The zero-order chi connectivity index (χ0) is 42.1. The van der Waals surface area contributed by atoms with Crippen LogP contribution in [0.25, 0.3) is 0 Å². The van der Waals surface area contributed by atoms with E-state index in [9.17, 15) is 43.5 Å². The molecule has 4 atom stereocenters. The van der Waals surface area contributed by atoms with Gasteiger partial charge in [0.2, 0.25) is 23.5 Å². The first kappa shape index (κ1) is 45.6. The molecule has 2 aromatic carbocycles. The smallest absolute Gasteiger partial charge is 0.407 e. The Kier molecular flexibility index (Phi) is 18.1. The van der Waals surface area contributed by atoms with Crippen LogP contribution in [-0.4, -0.2) is 102 Å². The lowest BCUT2D eigenvalue weighted by Gasteiger charge is -2.36. The molecule has 1 unspecified atom stereocenters. The Hall–Kier alpha value is -5.80. The molecule has 0 saturated carbocycles. The van der Waals surface area contributed by atoms with Crippen LogP contribution in [0.1, 0.15) is 88.7 Å². The number of nitrogens with one attached hydrogen (secondary N) is 5. The molecule has 1 fully saturated rings. The lowest BCUT2D eigenvalue weighted by atomic mass is 9.88. The maximum absolute atomic E-state index is 14.0. The van der Waals surface area contributed by atoms with Gasteiger partial charge in [-0.05, 0) is 61.1 Å². The molecule has 0 aliphatic carbocycles. The molecule has 0 spiro atoms. The third-order valence-electron chi connectivity index (χ3n) is 9.29. The molecule has 57 heavy (non-hydrogen) atoms. The number of Topliss-reactive ketones (excluding diaryl/α,β-unsaturated/α-hetero) is 1. The van der Waals surface area contributed by atoms with E-state index in [-0.39, 0.29) is 37.2 Å². The second-order valence-corrected chi connectivity index (χ2v) is 14.9. The van der Waals surface area contributed by atoms with Crippen molar-refractivity contribution >= 4 is 47.4 Å². The Morgan fingerprint density at radius 3 is 1.93 bits per heavy atom. The number of carbonyl (C=O) groups is 8. The molecule has 0 radical (unpaired) electrons. The predicted molar refractivity (Wildman–Crippen MR) is 209 cm³/mol. The molecule has 310 valence electrons. The Balaban J connectivity index is 1.70. The number of carbonyl (C=O) groups excluding carboxylic acids is 7. The molecule has 1 aliphatic rings. The summed E-state index contributed by atoms with van der Waals surface area (Å²) in [5, 5.41) is 22.1. The van der Waals surface area contributed by atoms with Crippen molar-refractivity contribution in [1.29, 1.82) is 0 Å². The molecule has 6 amide bonds. The van der Waals surface area contributed by atoms with Crippen LogP contribution in [0.5, 0.6) is 0 Å². The van der Waals surface area contributed by atoms with Crippen molar-refractivity contribution in [3.8, 4) is 0 Å². The van der Waals surface area contributed by atoms with E-state index in [2.05, 4.69) is 26.6 Å². The van der Waals surface area contributed by atoms with Crippen LogP contribution in [0.3, 0.4) is 0 Å². The van der Waals surface area contributed by atoms with E-state index in [1.54, 1.807) is 54.3 Å². The second-order valence-electron chi connectivity index (χ2n) is 14.9. The SMILES string of the molecule is CCCC(NC(=O)[C@H](CC(C)C)NC(=O)[C@@H](NC(=O)OCC(C)C)C1CCN(C(=O)c2ccccc2)CC1)C(=O)C(=O)NCC(=O)N[C@H](C(=O)O)c1ccccc1. The van der Waals surface area contributed by atoms with Crippen LogP contribution in [0, 0.1) is 17.8 Å². The van der Waals surface area contributed by atoms with E-state index in [1.165, 1.54) is 12.1 Å². The highest BCUT2D eigenvalue weighted by Gasteiger charge is 2.37. The second kappa shape index (κ2) is 22.7. The summed E-state index contributed by atoms with van der Waals surface area (Å²) >= 11 is 0. The molecule has 1 heterocycles. The minimum atomic E-state index is -1.39. The number of piperidine rings is 1. The van der Waals surface area contributed by atoms with Crippen molar-refractivity contribution in [2.24, 2.45) is 17.8 Å². The van der Waals surface area contributed by atoms with E-state index in [0.29, 0.717) is 43.5 Å². The monoisotopic (exact) mass is 792 g/mol. The summed E-state index contributed by atoms with van der Waals surface area (Å²) in [6.07, 6.45) is 0.560. The Bertz CT molecular complexity index is 1700. The number of nitrogens with zero attached hydrogens (tertiary/aromatic N) is 1. The normalized spacial score (nSPS) is 15.0. The number of ketones is 1. The lowest BCUT2D eigenvalue weighted by Crippen LogP contribution is -2.59. The first-order chi connectivity index (χ1) is 27.1. The fourth-order valence-electron chi connectivity index (χ4n) is 6.35. The topological polar surface area (TPSA) is 229 Å². The number of hydrogen-bond acceptors (Lipinski definition) is 9. The number of rotatable bonds is 20. The summed E-state index contributed by atoms with van der Waals surface area (Å²) in [6, 6.07) is 11.8. The van der Waals surface area contributed by atoms with Crippen molar-refractivity contribution in [2.45, 2.75) is 90.9 Å². The molecule has 0 aromatic heterocycles. The molecule has 16 heteroatoms. The standard InChI is InChI=1S/C41H56N6O10/c1-6-13-30(35(49)38(52)42-23-32(48)45-34(40(54)55)27-14-9-7-10-15-27)43-36(50)31(22-25(2)3)44-37(51)33(46-41(56)57-24-26(4)5)28-18-20-47(21-19-28)39(53)29-16-11-8-12-17-29/h7-12,14-17,25-26,28,30-31,33-34H,6,13,18-24H2,1-5H3,(H,42,52)(H,43,50)(H,44,51)(H,45,48)(H,46,56)(H,54,55)/t30?,31-,33-,34-/m0/s1. The van der Waals surface area contributed by atoms with E-state index in [0.717, 1.165) is 0 Å². The van der Waals surface area contributed by atoms with Crippen molar-refractivity contribution in [3.05, 3.63) is 71.8 Å². The Labute approximate surface area is 333 Å². The van der Waals surface area contributed by atoms with Gasteiger partial charge < -0.3 is 41.3 Å². The number of hydrogen-bond donors (Lipinski definition) is 6. The van der Waals surface area contributed by atoms with Gasteiger partial charge in [-0.1, -0.05) is 89.6 Å². The highest BCUT2D eigenvalue weighted by atomic mass is 16.5. The third-order valence-corrected chi connectivity index (χ3v) is 9.29. The molecule has 2 aromatic rings. The molecule has 1 aliphatic heterocycles. The van der Waals surface area contributed by atoms with Gasteiger partial charge in [-0.3, -0.25) is 28.8 Å². The van der Waals surface area contributed by atoms with Gasteiger partial charge >= 0.3 is 12.1 Å². The largest absolute Gasteiger partial charge is 0.479 e. The first-order valence-corrected chi connectivity index (χ1v) is 19.4. The highest BCUT2D eigenvalue weighted by Crippen LogP contribution is 2.23. The molecule has 6 N–H and O–H groups in total. The molecule has 0 bridgehead atoms. The van der Waals surface area contributed by atoms with Gasteiger partial charge in [-0.15, -0.1) is 0 Å². The number of ether oxygens (including phenoxy) is 1. The predicted octanol–water partition coefficient (Wildman–Crippen LogP) is 2.73. The maximum atomic E-state index is 14.0. The number of alkyl carbamates (subject to hydrolysis) is 1. The van der Waals surface area contributed by atoms with Crippen molar-refractivity contribution in [3.63, 3.8) is 0 Å². The number of carboxylic acid groups (broad SMARTS) is 1. The minimum absolute atomic E-state index is 0.0383. The number of amides is 6. The van der Waals surface area contributed by atoms with Gasteiger partial charge in [-0.2, -0.15) is 0 Å². The van der Waals surface area contributed by atoms with Gasteiger partial charge in [0.1, 0.15) is 12.1 Å². The van der Waals surface area contributed by atoms with Crippen LogP contribution in [0.15, 0.2) is 60.7 Å². The van der Waals surface area contributed by atoms with Gasteiger partial charge in [0, 0.05) is 18.7 Å². The molecule has 1 saturated heterocycles. The summed E-state index contributed by atoms with van der Waals surface area (Å²) in [5.74, 6) is -6.37. The van der Waals surface area contributed by atoms with E-state index in [4.69, 9.17) is 4.74 Å². The summed E-state index contributed by atoms with van der Waals surface area (Å²) < 4.78 is 5.32. The van der Waals surface area contributed by atoms with E-state index >= 15 is 0 Å². The highest BCUT2D eigenvalue weighted by molar-refractivity contribution is 6.38. The van der Waals surface area contributed by atoms with Crippen LogP contribution in [-0.2, 0) is 33.5 Å². The molecule has 16 nitrogen and oxygen atoms in total. The molecule has 3 rings (SSSR count).